The minimum atomic E-state index is 0.103. The van der Waals surface area contributed by atoms with Gasteiger partial charge in [-0.3, -0.25) is 4.79 Å². The van der Waals surface area contributed by atoms with Gasteiger partial charge in [0.25, 0.3) is 0 Å². The van der Waals surface area contributed by atoms with Crippen LogP contribution in [0.25, 0.3) is 0 Å². The molecular formula is C18H23N3O2. The van der Waals surface area contributed by atoms with Crippen molar-refractivity contribution < 1.29 is 9.53 Å². The number of hydrogen-bond donors (Lipinski definition) is 1. The van der Waals surface area contributed by atoms with Gasteiger partial charge in [0.2, 0.25) is 5.91 Å². The summed E-state index contributed by atoms with van der Waals surface area (Å²) >= 11 is 0. The number of carbonyl (C=O) groups is 1. The molecule has 0 fully saturated rings. The van der Waals surface area contributed by atoms with Crippen LogP contribution in [0.4, 0.5) is 0 Å². The van der Waals surface area contributed by atoms with Gasteiger partial charge in [0.15, 0.2) is 0 Å². The Morgan fingerprint density at radius 1 is 1.39 bits per heavy atom. The Hall–Kier alpha value is -2.30. The normalized spacial score (nSPS) is 16.7. The molecule has 3 rings (SSSR count). The molecule has 122 valence electrons. The van der Waals surface area contributed by atoms with E-state index in [0.29, 0.717) is 13.0 Å². The molecule has 5 heteroatoms. The fraction of sp³-hybridized carbons (Fsp3) is 0.444. The minimum Gasteiger partial charge on any atom is -0.494 e. The maximum Gasteiger partial charge on any atom is 0.220 e. The Labute approximate surface area is 136 Å². The van der Waals surface area contributed by atoms with Gasteiger partial charge >= 0.3 is 0 Å². The number of aryl methyl sites for hydroxylation is 2. The second kappa shape index (κ2) is 7.31. The first-order valence-electron chi connectivity index (χ1n) is 8.19. The van der Waals surface area contributed by atoms with Gasteiger partial charge in [0.1, 0.15) is 11.6 Å². The molecule has 1 amide bonds. The standard InChI is InChI=1S/C18H23N3O2/c1-14-4-7-16(8-5-14)23-12-2-3-18(22)20-15-6-9-17-19-10-11-21(17)13-15/h4-5,7-8,10-11,15H,2-3,6,9,12-13H2,1H3,(H,20,22). The lowest BCUT2D eigenvalue weighted by molar-refractivity contribution is -0.122. The molecule has 0 radical (unpaired) electrons. The van der Waals surface area contributed by atoms with E-state index in [4.69, 9.17) is 4.74 Å². The van der Waals surface area contributed by atoms with Crippen LogP contribution in [0.5, 0.6) is 5.75 Å². The SMILES string of the molecule is Cc1ccc(OCCCC(=O)NC2CCc3nccn3C2)cc1. The maximum atomic E-state index is 12.0. The summed E-state index contributed by atoms with van der Waals surface area (Å²) in [7, 11) is 0. The van der Waals surface area contributed by atoms with Crippen molar-refractivity contribution >= 4 is 5.91 Å². The molecule has 1 aromatic carbocycles. The zero-order valence-corrected chi connectivity index (χ0v) is 13.5. The highest BCUT2D eigenvalue weighted by Gasteiger charge is 2.19. The second-order valence-corrected chi connectivity index (χ2v) is 6.06. The van der Waals surface area contributed by atoms with Crippen LogP contribution in [0, 0.1) is 6.92 Å². The fourth-order valence-corrected chi connectivity index (χ4v) is 2.84. The van der Waals surface area contributed by atoms with Crippen molar-refractivity contribution in [2.24, 2.45) is 0 Å². The summed E-state index contributed by atoms with van der Waals surface area (Å²) < 4.78 is 7.77. The molecule has 1 aromatic heterocycles. The first kappa shape index (κ1) is 15.6. The third-order valence-corrected chi connectivity index (χ3v) is 4.14. The molecule has 0 saturated heterocycles. The Kier molecular flexibility index (Phi) is 4.95. The summed E-state index contributed by atoms with van der Waals surface area (Å²) in [5.41, 5.74) is 1.21. The highest BCUT2D eigenvalue weighted by Crippen LogP contribution is 2.14. The first-order chi connectivity index (χ1) is 11.2. The largest absolute Gasteiger partial charge is 0.494 e. The van der Waals surface area contributed by atoms with Crippen LogP contribution in [0.1, 0.15) is 30.7 Å². The summed E-state index contributed by atoms with van der Waals surface area (Å²) in [6.07, 6.45) is 6.91. The van der Waals surface area contributed by atoms with E-state index in [1.54, 1.807) is 0 Å². The molecule has 0 saturated carbocycles. The molecule has 5 nitrogen and oxygen atoms in total. The molecule has 1 N–H and O–H groups in total. The molecule has 0 bridgehead atoms. The number of fused-ring (bicyclic) bond motifs is 1. The predicted octanol–water partition coefficient (Wildman–Crippen LogP) is 2.48. The van der Waals surface area contributed by atoms with Gasteiger partial charge in [-0.15, -0.1) is 0 Å². The van der Waals surface area contributed by atoms with Gasteiger partial charge in [-0.25, -0.2) is 4.98 Å². The molecule has 1 unspecified atom stereocenters. The van der Waals surface area contributed by atoms with Crippen LogP contribution < -0.4 is 10.1 Å². The lowest BCUT2D eigenvalue weighted by Gasteiger charge is -2.24. The summed E-state index contributed by atoms with van der Waals surface area (Å²) in [5, 5.41) is 3.11. The van der Waals surface area contributed by atoms with Gasteiger partial charge in [0.05, 0.1) is 6.61 Å². The number of ether oxygens (including phenoxy) is 1. The van der Waals surface area contributed by atoms with Crippen molar-refractivity contribution in [2.45, 2.75) is 45.2 Å². The van der Waals surface area contributed by atoms with Gasteiger partial charge in [-0.2, -0.15) is 0 Å². The molecular weight excluding hydrogens is 290 g/mol. The second-order valence-electron chi connectivity index (χ2n) is 6.06. The number of aromatic nitrogens is 2. The van der Waals surface area contributed by atoms with E-state index in [1.807, 2.05) is 43.6 Å². The summed E-state index contributed by atoms with van der Waals surface area (Å²) in [5.74, 6) is 2.07. The number of imidazole rings is 1. The third-order valence-electron chi connectivity index (χ3n) is 4.14. The van der Waals surface area contributed by atoms with Gasteiger partial charge in [-0.1, -0.05) is 17.7 Å². The molecule has 2 heterocycles. The minimum absolute atomic E-state index is 0.103. The highest BCUT2D eigenvalue weighted by atomic mass is 16.5. The maximum absolute atomic E-state index is 12.0. The lowest BCUT2D eigenvalue weighted by atomic mass is 10.1. The van der Waals surface area contributed by atoms with Crippen LogP contribution in [-0.4, -0.2) is 28.1 Å². The van der Waals surface area contributed by atoms with Crippen molar-refractivity contribution in [3.05, 3.63) is 48.0 Å². The van der Waals surface area contributed by atoms with E-state index in [2.05, 4.69) is 14.9 Å². The summed E-state index contributed by atoms with van der Waals surface area (Å²) in [6, 6.07) is 8.17. The van der Waals surface area contributed by atoms with E-state index in [0.717, 1.165) is 37.4 Å². The molecule has 23 heavy (non-hydrogen) atoms. The Bertz CT molecular complexity index is 649. The van der Waals surface area contributed by atoms with Crippen molar-refractivity contribution in [1.29, 1.82) is 0 Å². The average molecular weight is 313 g/mol. The molecule has 1 aliphatic rings. The monoisotopic (exact) mass is 313 g/mol. The number of hydrogen-bond acceptors (Lipinski definition) is 3. The van der Waals surface area contributed by atoms with E-state index in [1.165, 1.54) is 5.56 Å². The number of carbonyl (C=O) groups excluding carboxylic acids is 1. The first-order valence-corrected chi connectivity index (χ1v) is 8.19. The predicted molar refractivity (Wildman–Crippen MR) is 88.4 cm³/mol. The number of nitrogens with zero attached hydrogens (tertiary/aromatic N) is 2. The highest BCUT2D eigenvalue weighted by molar-refractivity contribution is 5.76. The van der Waals surface area contributed by atoms with Crippen molar-refractivity contribution in [3.63, 3.8) is 0 Å². The average Bonchev–Trinajstić information content (AvgIpc) is 3.01. The van der Waals surface area contributed by atoms with E-state index < -0.39 is 0 Å². The Balaban J connectivity index is 1.35. The van der Waals surface area contributed by atoms with E-state index in [-0.39, 0.29) is 11.9 Å². The smallest absolute Gasteiger partial charge is 0.220 e. The molecule has 0 aliphatic carbocycles. The molecule has 1 aliphatic heterocycles. The van der Waals surface area contributed by atoms with Crippen LogP contribution in [0.15, 0.2) is 36.7 Å². The van der Waals surface area contributed by atoms with Gasteiger partial charge in [0, 0.05) is 37.8 Å². The van der Waals surface area contributed by atoms with E-state index >= 15 is 0 Å². The van der Waals surface area contributed by atoms with Crippen LogP contribution in [0.3, 0.4) is 0 Å². The number of nitrogens with one attached hydrogen (secondary N) is 1. The molecule has 2 aromatic rings. The summed E-state index contributed by atoms with van der Waals surface area (Å²) in [4.78, 5) is 16.3. The van der Waals surface area contributed by atoms with Crippen LogP contribution in [-0.2, 0) is 17.8 Å². The molecule has 1 atom stereocenters. The zero-order chi connectivity index (χ0) is 16.1. The Morgan fingerprint density at radius 2 is 2.22 bits per heavy atom. The fourth-order valence-electron chi connectivity index (χ4n) is 2.84. The van der Waals surface area contributed by atoms with Gasteiger partial charge in [-0.05, 0) is 31.9 Å². The number of benzene rings is 1. The van der Waals surface area contributed by atoms with Crippen molar-refractivity contribution in [1.82, 2.24) is 14.9 Å². The van der Waals surface area contributed by atoms with Gasteiger partial charge < -0.3 is 14.6 Å². The topological polar surface area (TPSA) is 56.1 Å². The van der Waals surface area contributed by atoms with E-state index in [9.17, 15) is 4.79 Å². The zero-order valence-electron chi connectivity index (χ0n) is 13.5. The third kappa shape index (κ3) is 4.34. The quantitative estimate of drug-likeness (QED) is 0.834. The number of amides is 1. The number of rotatable bonds is 6. The lowest BCUT2D eigenvalue weighted by Crippen LogP contribution is -2.40. The van der Waals surface area contributed by atoms with Crippen molar-refractivity contribution in [3.8, 4) is 5.75 Å². The Morgan fingerprint density at radius 3 is 3.04 bits per heavy atom. The van der Waals surface area contributed by atoms with Crippen molar-refractivity contribution in [2.75, 3.05) is 6.61 Å². The van der Waals surface area contributed by atoms with Crippen LogP contribution >= 0.6 is 0 Å². The molecule has 0 spiro atoms. The summed E-state index contributed by atoms with van der Waals surface area (Å²) in [6.45, 7) is 3.43. The van der Waals surface area contributed by atoms with Crippen LogP contribution in [0.2, 0.25) is 0 Å².